The molecule has 1 fully saturated rings. The molecular weight excluding hydrogens is 364 g/mol. The molecule has 1 aliphatic heterocycles. The first-order valence-electron chi connectivity index (χ1n) is 9.99. The summed E-state index contributed by atoms with van der Waals surface area (Å²) in [6.07, 6.45) is 1.85. The van der Waals surface area contributed by atoms with Crippen molar-refractivity contribution in [2.75, 3.05) is 25.0 Å². The summed E-state index contributed by atoms with van der Waals surface area (Å²) in [6, 6.07) is 12.7. The second kappa shape index (κ2) is 6.70. The first-order chi connectivity index (χ1) is 14.1. The predicted octanol–water partition coefficient (Wildman–Crippen LogP) is 2.58. The van der Waals surface area contributed by atoms with Crippen LogP contribution in [-0.4, -0.2) is 52.5 Å². The van der Waals surface area contributed by atoms with Gasteiger partial charge in [0.05, 0.1) is 16.6 Å². The Balaban J connectivity index is 1.86. The SMILES string of the molecule is CNC(=O)c1cc2c(N3C[C@@H](C)N[C@@H](C)C3)ccnc2n2c1nc1ccccc12. The summed E-state index contributed by atoms with van der Waals surface area (Å²) >= 11 is 0. The molecule has 2 atom stereocenters. The minimum absolute atomic E-state index is 0.149. The van der Waals surface area contributed by atoms with E-state index < -0.39 is 0 Å². The number of rotatable bonds is 2. The lowest BCUT2D eigenvalue weighted by Crippen LogP contribution is -2.54. The fourth-order valence-corrected chi connectivity index (χ4v) is 4.50. The van der Waals surface area contributed by atoms with Crippen LogP contribution in [0.2, 0.25) is 0 Å². The zero-order valence-corrected chi connectivity index (χ0v) is 16.8. The van der Waals surface area contributed by atoms with Crippen LogP contribution in [0.4, 0.5) is 5.69 Å². The molecule has 1 saturated heterocycles. The standard InChI is InChI=1S/C22H24N6O/c1-13-11-27(12-14(2)25-13)18-8-9-24-20-15(18)10-16(22(29)23-3)21-26-17-6-4-5-7-19(17)28(20)21/h4-10,13-14,25H,11-12H2,1-3H3,(H,23,29)/t13-,14+. The van der Waals surface area contributed by atoms with Crippen molar-refractivity contribution in [3.8, 4) is 0 Å². The minimum Gasteiger partial charge on any atom is -0.368 e. The molecule has 29 heavy (non-hydrogen) atoms. The van der Waals surface area contributed by atoms with Gasteiger partial charge in [-0.1, -0.05) is 12.1 Å². The Labute approximate surface area is 168 Å². The van der Waals surface area contributed by atoms with Crippen molar-refractivity contribution in [2.45, 2.75) is 25.9 Å². The van der Waals surface area contributed by atoms with Crippen LogP contribution in [0.15, 0.2) is 42.6 Å². The van der Waals surface area contributed by atoms with Crippen molar-refractivity contribution in [1.29, 1.82) is 0 Å². The lowest BCUT2D eigenvalue weighted by Gasteiger charge is -2.38. The fraction of sp³-hybridized carbons (Fsp3) is 0.318. The van der Waals surface area contributed by atoms with Crippen LogP contribution in [0, 0.1) is 0 Å². The maximum Gasteiger partial charge on any atom is 0.254 e. The van der Waals surface area contributed by atoms with Crippen molar-refractivity contribution < 1.29 is 4.79 Å². The first kappa shape index (κ1) is 17.9. The first-order valence-corrected chi connectivity index (χ1v) is 9.99. The number of hydrogen-bond acceptors (Lipinski definition) is 5. The highest BCUT2D eigenvalue weighted by molar-refractivity contribution is 6.07. The van der Waals surface area contributed by atoms with Crippen molar-refractivity contribution >= 4 is 39.3 Å². The molecule has 7 heteroatoms. The van der Waals surface area contributed by atoms with E-state index in [0.717, 1.165) is 40.8 Å². The molecule has 4 heterocycles. The third-order valence-electron chi connectivity index (χ3n) is 5.62. The largest absolute Gasteiger partial charge is 0.368 e. The molecule has 5 rings (SSSR count). The quantitative estimate of drug-likeness (QED) is 0.552. The van der Waals surface area contributed by atoms with Gasteiger partial charge in [0.1, 0.15) is 5.65 Å². The molecule has 0 spiro atoms. The Kier molecular flexibility index (Phi) is 4.13. The Morgan fingerprint density at radius 2 is 1.90 bits per heavy atom. The van der Waals surface area contributed by atoms with E-state index in [2.05, 4.69) is 29.4 Å². The molecule has 1 aliphatic rings. The van der Waals surface area contributed by atoms with Crippen LogP contribution in [0.25, 0.3) is 27.7 Å². The van der Waals surface area contributed by atoms with E-state index in [1.807, 2.05) is 47.0 Å². The fourth-order valence-electron chi connectivity index (χ4n) is 4.50. The van der Waals surface area contributed by atoms with E-state index in [4.69, 9.17) is 9.97 Å². The summed E-state index contributed by atoms with van der Waals surface area (Å²) in [7, 11) is 1.65. The highest BCUT2D eigenvalue weighted by Gasteiger charge is 2.25. The van der Waals surface area contributed by atoms with Crippen LogP contribution in [0.1, 0.15) is 24.2 Å². The van der Waals surface area contributed by atoms with E-state index >= 15 is 0 Å². The Morgan fingerprint density at radius 1 is 1.14 bits per heavy atom. The normalized spacial score (nSPS) is 19.9. The van der Waals surface area contributed by atoms with Crippen LogP contribution in [0.3, 0.4) is 0 Å². The number of carbonyl (C=O) groups is 1. The zero-order valence-electron chi connectivity index (χ0n) is 16.8. The lowest BCUT2D eigenvalue weighted by atomic mass is 10.1. The van der Waals surface area contributed by atoms with E-state index in [1.165, 1.54) is 0 Å². The van der Waals surface area contributed by atoms with Gasteiger partial charge in [0.25, 0.3) is 5.91 Å². The van der Waals surface area contributed by atoms with E-state index in [0.29, 0.717) is 23.3 Å². The number of hydrogen-bond donors (Lipinski definition) is 2. The molecule has 2 N–H and O–H groups in total. The molecule has 4 aromatic rings. The van der Waals surface area contributed by atoms with Gasteiger partial charge >= 0.3 is 0 Å². The highest BCUT2D eigenvalue weighted by Crippen LogP contribution is 2.32. The molecule has 0 radical (unpaired) electrons. The summed E-state index contributed by atoms with van der Waals surface area (Å²) in [5.74, 6) is -0.149. The molecule has 3 aromatic heterocycles. The number of piperazine rings is 1. The molecule has 0 bridgehead atoms. The van der Waals surface area contributed by atoms with Crippen LogP contribution >= 0.6 is 0 Å². The number of pyridine rings is 2. The number of amides is 1. The number of nitrogens with zero attached hydrogens (tertiary/aromatic N) is 4. The van der Waals surface area contributed by atoms with E-state index in [-0.39, 0.29) is 5.91 Å². The maximum absolute atomic E-state index is 12.7. The van der Waals surface area contributed by atoms with Crippen molar-refractivity contribution in [1.82, 2.24) is 25.0 Å². The number of imidazole rings is 1. The number of para-hydroxylation sites is 2. The number of anilines is 1. The summed E-state index contributed by atoms with van der Waals surface area (Å²) in [6.45, 7) is 6.20. The van der Waals surface area contributed by atoms with Gasteiger partial charge in [-0.25, -0.2) is 9.97 Å². The van der Waals surface area contributed by atoms with Crippen LogP contribution in [0.5, 0.6) is 0 Å². The summed E-state index contributed by atoms with van der Waals surface area (Å²) in [5.41, 5.74) is 4.90. The van der Waals surface area contributed by atoms with Gasteiger partial charge in [0.15, 0.2) is 5.65 Å². The minimum atomic E-state index is -0.149. The average molecular weight is 388 g/mol. The van der Waals surface area contributed by atoms with Gasteiger partial charge in [-0.3, -0.25) is 9.20 Å². The maximum atomic E-state index is 12.7. The van der Waals surface area contributed by atoms with Gasteiger partial charge in [0.2, 0.25) is 0 Å². The van der Waals surface area contributed by atoms with Gasteiger partial charge < -0.3 is 15.5 Å². The molecule has 0 saturated carbocycles. The highest BCUT2D eigenvalue weighted by atomic mass is 16.1. The second-order valence-corrected chi connectivity index (χ2v) is 7.84. The van der Waals surface area contributed by atoms with Crippen molar-refractivity contribution in [3.05, 3.63) is 48.2 Å². The predicted molar refractivity (Wildman–Crippen MR) is 116 cm³/mol. The molecule has 0 aliphatic carbocycles. The number of benzene rings is 1. The Hall–Kier alpha value is -3.19. The summed E-state index contributed by atoms with van der Waals surface area (Å²) in [4.78, 5) is 24.6. The van der Waals surface area contributed by atoms with Gasteiger partial charge in [-0.05, 0) is 38.1 Å². The number of carbonyl (C=O) groups excluding carboxylic acids is 1. The summed E-state index contributed by atoms with van der Waals surface area (Å²) < 4.78 is 2.01. The van der Waals surface area contributed by atoms with Crippen molar-refractivity contribution in [3.63, 3.8) is 0 Å². The smallest absolute Gasteiger partial charge is 0.254 e. The molecule has 1 aromatic carbocycles. The average Bonchev–Trinajstić information content (AvgIpc) is 3.11. The number of fused-ring (bicyclic) bond motifs is 5. The van der Waals surface area contributed by atoms with Crippen molar-refractivity contribution in [2.24, 2.45) is 0 Å². The molecule has 148 valence electrons. The molecule has 7 nitrogen and oxygen atoms in total. The Bertz CT molecular complexity index is 1240. The molecular formula is C22H24N6O. The number of aromatic nitrogens is 3. The number of nitrogens with one attached hydrogen (secondary N) is 2. The summed E-state index contributed by atoms with van der Waals surface area (Å²) in [5, 5.41) is 7.30. The van der Waals surface area contributed by atoms with E-state index in [9.17, 15) is 4.79 Å². The third-order valence-corrected chi connectivity index (χ3v) is 5.62. The Morgan fingerprint density at radius 3 is 2.66 bits per heavy atom. The van der Waals surface area contributed by atoms with Crippen LogP contribution < -0.4 is 15.5 Å². The zero-order chi connectivity index (χ0) is 20.1. The van der Waals surface area contributed by atoms with Gasteiger partial charge in [0, 0.05) is 49.5 Å². The second-order valence-electron chi connectivity index (χ2n) is 7.84. The van der Waals surface area contributed by atoms with Gasteiger partial charge in [-0.2, -0.15) is 0 Å². The van der Waals surface area contributed by atoms with Crippen LogP contribution in [-0.2, 0) is 0 Å². The monoisotopic (exact) mass is 388 g/mol. The van der Waals surface area contributed by atoms with E-state index in [1.54, 1.807) is 7.05 Å². The van der Waals surface area contributed by atoms with Gasteiger partial charge in [-0.15, -0.1) is 0 Å². The lowest BCUT2D eigenvalue weighted by molar-refractivity contribution is 0.0964. The molecule has 1 amide bonds. The topological polar surface area (TPSA) is 74.6 Å². The third kappa shape index (κ3) is 2.81. The molecule has 0 unspecified atom stereocenters.